The number of hydrogen-bond acceptors (Lipinski definition) is 2. The Morgan fingerprint density at radius 1 is 1.60 bits per heavy atom. The van der Waals surface area contributed by atoms with E-state index in [4.69, 9.17) is 0 Å². The molecule has 0 aliphatic carbocycles. The quantitative estimate of drug-likeness (QED) is 0.619. The van der Waals surface area contributed by atoms with Crippen molar-refractivity contribution in [1.29, 1.82) is 0 Å². The minimum atomic E-state index is -0.243. The van der Waals surface area contributed by atoms with E-state index in [0.29, 0.717) is 5.56 Å². The topological polar surface area (TPSA) is 30.0 Å². The minimum Gasteiger partial charge on any atom is -0.282 e. The fourth-order valence-corrected chi connectivity index (χ4v) is 0.727. The molecule has 0 amide bonds. The normalized spacial score (nSPS) is 9.40. The highest BCUT2D eigenvalue weighted by atomic mass is 32.1. The van der Waals surface area contributed by atoms with Crippen molar-refractivity contribution in [2.75, 3.05) is 0 Å². The molecule has 0 spiro atoms. The van der Waals surface area contributed by atoms with Crippen LogP contribution in [0.25, 0.3) is 0 Å². The van der Waals surface area contributed by atoms with E-state index in [0.717, 1.165) is 5.69 Å². The Kier molecular flexibility index (Phi) is 2.06. The van der Waals surface area contributed by atoms with Gasteiger partial charge in [0.05, 0.1) is 0 Å². The number of hydrogen-bond donors (Lipinski definition) is 1. The van der Waals surface area contributed by atoms with Gasteiger partial charge in [-0.15, -0.1) is 12.6 Å². The molecule has 0 saturated heterocycles. The van der Waals surface area contributed by atoms with E-state index in [9.17, 15) is 4.79 Å². The first kappa shape index (κ1) is 7.28. The van der Waals surface area contributed by atoms with E-state index < -0.39 is 0 Å². The Morgan fingerprint density at radius 3 is 2.70 bits per heavy atom. The van der Waals surface area contributed by atoms with E-state index in [-0.39, 0.29) is 5.12 Å². The van der Waals surface area contributed by atoms with Crippen molar-refractivity contribution < 1.29 is 4.79 Å². The van der Waals surface area contributed by atoms with Crippen LogP contribution in [0.3, 0.4) is 0 Å². The summed E-state index contributed by atoms with van der Waals surface area (Å²) in [5.41, 5.74) is 1.44. The third-order valence-electron chi connectivity index (χ3n) is 1.16. The van der Waals surface area contributed by atoms with Gasteiger partial charge in [0.1, 0.15) is 0 Å². The van der Waals surface area contributed by atoms with E-state index in [1.165, 1.54) is 6.20 Å². The Hall–Kier alpha value is -0.830. The summed E-state index contributed by atoms with van der Waals surface area (Å²) in [5, 5.41) is -0.243. The zero-order valence-electron chi connectivity index (χ0n) is 5.53. The molecule has 0 radical (unpaired) electrons. The van der Waals surface area contributed by atoms with Crippen LogP contribution in [-0.4, -0.2) is 10.1 Å². The highest BCUT2D eigenvalue weighted by Gasteiger charge is 1.97. The van der Waals surface area contributed by atoms with Crippen molar-refractivity contribution in [2.45, 2.75) is 6.92 Å². The summed E-state index contributed by atoms with van der Waals surface area (Å²) in [6.45, 7) is 1.87. The van der Waals surface area contributed by atoms with E-state index in [2.05, 4.69) is 17.6 Å². The number of thiol groups is 1. The van der Waals surface area contributed by atoms with Crippen LogP contribution in [-0.2, 0) is 0 Å². The Labute approximate surface area is 64.7 Å². The number of nitrogens with zero attached hydrogens (tertiary/aromatic N) is 1. The fourth-order valence-electron chi connectivity index (χ4n) is 0.594. The van der Waals surface area contributed by atoms with Crippen LogP contribution in [0.15, 0.2) is 18.3 Å². The summed E-state index contributed by atoms with van der Waals surface area (Å²) < 4.78 is 0. The predicted octanol–water partition coefficient (Wildman–Crippen LogP) is 1.46. The smallest absolute Gasteiger partial charge is 0.217 e. The van der Waals surface area contributed by atoms with Crippen LogP contribution in [0.2, 0.25) is 0 Å². The third-order valence-corrected chi connectivity index (χ3v) is 1.42. The van der Waals surface area contributed by atoms with Crippen LogP contribution < -0.4 is 0 Å². The van der Waals surface area contributed by atoms with E-state index in [1.807, 2.05) is 6.92 Å². The molecule has 0 unspecified atom stereocenters. The molecule has 10 heavy (non-hydrogen) atoms. The molecule has 3 heteroatoms. The monoisotopic (exact) mass is 153 g/mol. The lowest BCUT2D eigenvalue weighted by atomic mass is 10.3. The molecule has 52 valence electrons. The first-order chi connectivity index (χ1) is 4.70. The number of rotatable bonds is 1. The van der Waals surface area contributed by atoms with Crippen molar-refractivity contribution >= 4 is 17.7 Å². The van der Waals surface area contributed by atoms with Crippen LogP contribution in [0, 0.1) is 6.92 Å². The lowest BCUT2D eigenvalue weighted by Crippen LogP contribution is -1.90. The summed E-state index contributed by atoms with van der Waals surface area (Å²) in [6, 6.07) is 3.49. The Morgan fingerprint density at radius 2 is 2.30 bits per heavy atom. The summed E-state index contributed by atoms with van der Waals surface area (Å²) in [4.78, 5) is 14.5. The summed E-state index contributed by atoms with van der Waals surface area (Å²) in [5.74, 6) is 0. The second-order valence-electron chi connectivity index (χ2n) is 1.99. The van der Waals surface area contributed by atoms with Crippen molar-refractivity contribution in [3.8, 4) is 0 Å². The van der Waals surface area contributed by atoms with Gasteiger partial charge >= 0.3 is 0 Å². The lowest BCUT2D eigenvalue weighted by Gasteiger charge is -1.92. The zero-order chi connectivity index (χ0) is 7.56. The fraction of sp³-hybridized carbons (Fsp3) is 0.143. The highest BCUT2D eigenvalue weighted by Crippen LogP contribution is 2.01. The molecule has 0 aliphatic heterocycles. The molecule has 1 heterocycles. The maximum absolute atomic E-state index is 10.6. The van der Waals surface area contributed by atoms with Crippen molar-refractivity contribution in [1.82, 2.24) is 4.98 Å². The molecule has 0 saturated carbocycles. The molecular weight excluding hydrogens is 146 g/mol. The standard InChI is InChI=1S/C7H7NOS/c1-5-2-3-6(4-8-5)7(9)10/h2-4H,1H3,(H,9,10). The van der Waals surface area contributed by atoms with Crippen LogP contribution >= 0.6 is 12.6 Å². The van der Waals surface area contributed by atoms with Gasteiger partial charge in [0.2, 0.25) is 5.12 Å². The van der Waals surface area contributed by atoms with Gasteiger partial charge in [-0.1, -0.05) is 0 Å². The number of pyridine rings is 1. The maximum atomic E-state index is 10.6. The summed E-state index contributed by atoms with van der Waals surface area (Å²) in [6.07, 6.45) is 1.52. The molecule has 0 bridgehead atoms. The van der Waals surface area contributed by atoms with Crippen molar-refractivity contribution in [3.63, 3.8) is 0 Å². The van der Waals surface area contributed by atoms with Gasteiger partial charge in [-0.3, -0.25) is 9.78 Å². The van der Waals surface area contributed by atoms with E-state index >= 15 is 0 Å². The highest BCUT2D eigenvalue weighted by molar-refractivity contribution is 7.97. The van der Waals surface area contributed by atoms with Gasteiger partial charge in [-0.05, 0) is 19.1 Å². The molecule has 1 aromatic heterocycles. The molecule has 2 nitrogen and oxygen atoms in total. The largest absolute Gasteiger partial charge is 0.282 e. The first-order valence-electron chi connectivity index (χ1n) is 2.86. The number of carbonyl (C=O) groups is 1. The Bertz CT molecular complexity index is 242. The summed E-state index contributed by atoms with van der Waals surface area (Å²) in [7, 11) is 0. The number of aromatic nitrogens is 1. The molecule has 0 fully saturated rings. The second kappa shape index (κ2) is 2.84. The number of aryl methyl sites for hydroxylation is 1. The lowest BCUT2D eigenvalue weighted by molar-refractivity contribution is 0.109. The molecular formula is C7H7NOS. The molecule has 1 aromatic rings. The van der Waals surface area contributed by atoms with Crippen molar-refractivity contribution in [2.24, 2.45) is 0 Å². The van der Waals surface area contributed by atoms with Crippen molar-refractivity contribution in [3.05, 3.63) is 29.6 Å². The molecule has 0 N–H and O–H groups in total. The first-order valence-corrected chi connectivity index (χ1v) is 3.31. The molecule has 0 aliphatic rings. The number of carbonyl (C=O) groups excluding carboxylic acids is 1. The van der Waals surface area contributed by atoms with Gasteiger partial charge in [0.15, 0.2) is 0 Å². The van der Waals surface area contributed by atoms with Gasteiger partial charge in [-0.2, -0.15) is 0 Å². The molecule has 0 aromatic carbocycles. The average Bonchev–Trinajstić information content (AvgIpc) is 1.88. The predicted molar refractivity (Wildman–Crippen MR) is 42.3 cm³/mol. The zero-order valence-corrected chi connectivity index (χ0v) is 6.43. The molecule has 1 rings (SSSR count). The maximum Gasteiger partial charge on any atom is 0.217 e. The van der Waals surface area contributed by atoms with Gasteiger partial charge in [0, 0.05) is 17.5 Å². The SMILES string of the molecule is Cc1ccc(C(=O)S)cn1. The summed E-state index contributed by atoms with van der Waals surface area (Å²) >= 11 is 3.64. The van der Waals surface area contributed by atoms with E-state index in [1.54, 1.807) is 12.1 Å². The van der Waals surface area contributed by atoms with Crippen LogP contribution in [0.4, 0.5) is 0 Å². The van der Waals surface area contributed by atoms with Crippen LogP contribution in [0.5, 0.6) is 0 Å². The Balaban J connectivity index is 3.00. The van der Waals surface area contributed by atoms with Gasteiger partial charge < -0.3 is 0 Å². The molecule has 0 atom stereocenters. The van der Waals surface area contributed by atoms with Gasteiger partial charge in [0.25, 0.3) is 0 Å². The second-order valence-corrected chi connectivity index (χ2v) is 2.40. The van der Waals surface area contributed by atoms with Crippen LogP contribution in [0.1, 0.15) is 16.1 Å². The van der Waals surface area contributed by atoms with Gasteiger partial charge in [-0.25, -0.2) is 0 Å². The minimum absolute atomic E-state index is 0.243. The third kappa shape index (κ3) is 1.57. The average molecular weight is 153 g/mol.